The molecule has 15 heteroatoms. The first kappa shape index (κ1) is 62.8. The molecule has 458 valence electrons. The van der Waals surface area contributed by atoms with Gasteiger partial charge in [-0.05, 0) is 186 Å². The fourth-order valence-electron chi connectivity index (χ4n) is 13.9. The van der Waals surface area contributed by atoms with Crippen molar-refractivity contribution < 1.29 is 44.3 Å². The molecule has 6 heterocycles. The maximum Gasteiger partial charge on any atom is 0.341 e. The number of unbranched alkanes of at least 4 members (excludes halogenated alkanes) is 3. The van der Waals surface area contributed by atoms with Gasteiger partial charge in [0.2, 0.25) is 0 Å². The van der Waals surface area contributed by atoms with E-state index in [1.165, 1.54) is 78.8 Å². The molecule has 86 heavy (non-hydrogen) atoms. The molecule has 0 radical (unpaired) electrons. The van der Waals surface area contributed by atoms with Crippen LogP contribution in [0.4, 0.5) is 0 Å². The second-order valence-electron chi connectivity index (χ2n) is 24.7. The van der Waals surface area contributed by atoms with Crippen LogP contribution in [-0.4, -0.2) is 65.8 Å². The number of carboxylic acids is 3. The van der Waals surface area contributed by atoms with Gasteiger partial charge in [0.05, 0.1) is 37.1 Å². The van der Waals surface area contributed by atoms with Gasteiger partial charge < -0.3 is 43.6 Å². The van der Waals surface area contributed by atoms with Crippen molar-refractivity contribution in [2.24, 2.45) is 5.92 Å². The molecule has 15 nitrogen and oxygen atoms in total. The van der Waals surface area contributed by atoms with E-state index in [2.05, 4.69) is 48.1 Å². The number of rotatable bonds is 17. The standard InChI is InChI=1S/C24H27NO4.C24H29NO4.C21H25NO4.C2H6/c1-2-4-16-9-18-17(10-22(16)29-14-15-5-6-15)12-24(7-3-8-24)25-13-19(23(27)28)21(26)11-20(18)25;1-3-4-5-6-8-16-11-17-14-24(9-7-10-24)25-15-19(23(27)28)21(26)13-20(25)18(17)12-22(16)29-2;1-3-6-14(13-23)9-15-11-21(7-5-8-21)22-12-17(20(25)26)19(24)10-18(22)16(15)4-2;1-2/h9-11,13,15H,2-8,12,14H2,1H3,(H,27,28);11-13,15H,3-10,14H2,1-2H3,(H,27,28);4,9-10,12-13,23H,3,5-8,11H2,1-2H3,(H,25,26);1-2H3/b;;14-13+,15-9-,16-4+;. The van der Waals surface area contributed by atoms with E-state index in [0.717, 1.165) is 185 Å². The van der Waals surface area contributed by atoms with Crippen LogP contribution in [0.3, 0.4) is 0 Å². The number of carboxylic acid groups (broad SMARTS) is 3. The Labute approximate surface area is 504 Å². The molecular formula is C71H87N3O12. The molecule has 0 amide bonds. The summed E-state index contributed by atoms with van der Waals surface area (Å²) in [6.07, 6.45) is 33.7. The Morgan fingerprint density at radius 3 is 1.52 bits per heavy atom. The number of pyridine rings is 3. The third-order valence-corrected chi connectivity index (χ3v) is 19.1. The van der Waals surface area contributed by atoms with Gasteiger partial charge in [0, 0.05) is 64.5 Å². The number of nitrogens with zero attached hydrogens (tertiary/aromatic N) is 3. The van der Waals surface area contributed by atoms with Crippen LogP contribution in [0.2, 0.25) is 0 Å². The highest BCUT2D eigenvalue weighted by Gasteiger charge is 2.47. The summed E-state index contributed by atoms with van der Waals surface area (Å²) in [6.45, 7) is 13.1. The average molecular weight is 1170 g/mol. The number of aryl methyl sites for hydroxylation is 2. The molecule has 2 aromatic carbocycles. The largest absolute Gasteiger partial charge is 0.515 e. The van der Waals surface area contributed by atoms with Crippen molar-refractivity contribution in [2.45, 2.75) is 206 Å². The van der Waals surface area contributed by atoms with E-state index >= 15 is 0 Å². The molecule has 4 N–H and O–H groups in total. The number of benzene rings is 2. The van der Waals surface area contributed by atoms with Crippen LogP contribution < -0.4 is 25.8 Å². The van der Waals surface area contributed by atoms with Crippen LogP contribution in [-0.2, 0) is 42.3 Å². The zero-order chi connectivity index (χ0) is 61.7. The fraction of sp³-hybridized carbons (Fsp3) is 0.493. The summed E-state index contributed by atoms with van der Waals surface area (Å²) in [5.41, 5.74) is 10.1. The lowest BCUT2D eigenvalue weighted by Gasteiger charge is -2.49. The summed E-state index contributed by atoms with van der Waals surface area (Å²) in [5.74, 6) is -0.952. The summed E-state index contributed by atoms with van der Waals surface area (Å²) in [5, 5.41) is 37.8. The topological polar surface area (TPSA) is 217 Å². The molecule has 7 aliphatic rings. The Morgan fingerprint density at radius 2 is 1.08 bits per heavy atom. The Kier molecular flexibility index (Phi) is 19.4. The first-order chi connectivity index (χ1) is 41.4. The van der Waals surface area contributed by atoms with Crippen LogP contribution in [0.15, 0.2) is 105 Å². The number of carbonyl (C=O) groups is 3. The molecule has 0 bridgehead atoms. The van der Waals surface area contributed by atoms with Gasteiger partial charge >= 0.3 is 17.9 Å². The van der Waals surface area contributed by atoms with Gasteiger partial charge in [-0.3, -0.25) is 14.4 Å². The van der Waals surface area contributed by atoms with E-state index in [0.29, 0.717) is 5.92 Å². The molecule has 0 atom stereocenters. The molecule has 12 rings (SSSR count). The van der Waals surface area contributed by atoms with E-state index in [1.54, 1.807) is 19.5 Å². The minimum absolute atomic E-state index is 0.103. The minimum atomic E-state index is -1.18. The number of aliphatic hydroxyl groups excluding tert-OH is 1. The van der Waals surface area contributed by atoms with Crippen molar-refractivity contribution in [3.8, 4) is 34.0 Å². The predicted molar refractivity (Wildman–Crippen MR) is 337 cm³/mol. The van der Waals surface area contributed by atoms with E-state index in [4.69, 9.17) is 9.47 Å². The van der Waals surface area contributed by atoms with Crippen molar-refractivity contribution in [1.29, 1.82) is 0 Å². The molecule has 3 spiro atoms. The van der Waals surface area contributed by atoms with Gasteiger partial charge in [0.15, 0.2) is 16.3 Å². The number of aromatic carboxylic acids is 3. The summed E-state index contributed by atoms with van der Waals surface area (Å²) >= 11 is 0. The van der Waals surface area contributed by atoms with E-state index in [-0.39, 0.29) is 33.3 Å². The van der Waals surface area contributed by atoms with Gasteiger partial charge in [-0.1, -0.05) is 84.9 Å². The first-order valence-corrected chi connectivity index (χ1v) is 31.7. The SMILES string of the molecule is CC.CCCCCCc1cc2c(cc1OC)-c1cc(=O)c(C(=O)O)cn1C1(CCC1)C2.CCCc1cc2c(cc1OCC1CC1)CC1(CCC1)n1cc(C(=O)O)c(=O)cc1-2.C\C=C1/C(=C\C(=C\O)CCC)CC2(CCC2)n2cc(C(=O)O)c(=O)cc21. The number of aliphatic hydroxyl groups is 1. The molecule has 3 aromatic heterocycles. The fourth-order valence-corrected chi connectivity index (χ4v) is 13.9. The van der Waals surface area contributed by atoms with Crippen LogP contribution in [0.25, 0.3) is 28.1 Å². The molecule has 4 saturated carbocycles. The van der Waals surface area contributed by atoms with Crippen LogP contribution in [0.1, 0.15) is 223 Å². The normalized spacial score (nSPS) is 18.3. The third-order valence-electron chi connectivity index (χ3n) is 19.1. The number of aromatic nitrogens is 3. The summed E-state index contributed by atoms with van der Waals surface area (Å²) in [6, 6.07) is 13.2. The highest BCUT2D eigenvalue weighted by molar-refractivity contribution is 5.90. The Hall–Kier alpha value is -7.68. The van der Waals surface area contributed by atoms with Gasteiger partial charge in [-0.25, -0.2) is 14.4 Å². The van der Waals surface area contributed by atoms with E-state index in [1.807, 2.05) is 43.6 Å². The number of hydrogen-bond acceptors (Lipinski definition) is 9. The smallest absolute Gasteiger partial charge is 0.341 e. The van der Waals surface area contributed by atoms with Gasteiger partial charge in [0.1, 0.15) is 28.2 Å². The van der Waals surface area contributed by atoms with Crippen LogP contribution in [0, 0.1) is 5.92 Å². The van der Waals surface area contributed by atoms with Crippen molar-refractivity contribution >= 4 is 23.5 Å². The Balaban J connectivity index is 0.000000152. The van der Waals surface area contributed by atoms with E-state index in [9.17, 15) is 49.2 Å². The van der Waals surface area contributed by atoms with Crippen LogP contribution >= 0.6 is 0 Å². The van der Waals surface area contributed by atoms with Crippen molar-refractivity contribution in [2.75, 3.05) is 13.7 Å². The quantitative estimate of drug-likeness (QED) is 0.0505. The summed E-state index contributed by atoms with van der Waals surface area (Å²) in [4.78, 5) is 71.8. The molecule has 0 saturated heterocycles. The van der Waals surface area contributed by atoms with Gasteiger partial charge in [-0.2, -0.15) is 0 Å². The van der Waals surface area contributed by atoms with Crippen molar-refractivity contribution in [1.82, 2.24) is 13.7 Å². The van der Waals surface area contributed by atoms with Gasteiger partial charge in [-0.15, -0.1) is 0 Å². The third kappa shape index (κ3) is 12.3. The maximum atomic E-state index is 12.5. The molecule has 4 fully saturated rings. The van der Waals surface area contributed by atoms with Crippen LogP contribution in [0.5, 0.6) is 11.5 Å². The zero-order valence-corrected chi connectivity index (χ0v) is 51.4. The maximum absolute atomic E-state index is 12.5. The predicted octanol–water partition coefficient (Wildman–Crippen LogP) is 14.6. The second-order valence-corrected chi connectivity index (χ2v) is 24.7. The lowest BCUT2D eigenvalue weighted by Crippen LogP contribution is -2.46. The second kappa shape index (κ2) is 26.5. The lowest BCUT2D eigenvalue weighted by molar-refractivity contribution is 0.0680. The molecule has 0 unspecified atom stereocenters. The average Bonchev–Trinajstić information content (AvgIpc) is 1.00. The number of fused-ring (bicyclic) bond motifs is 10. The van der Waals surface area contributed by atoms with E-state index < -0.39 is 34.2 Å². The molecule has 4 aliphatic carbocycles. The van der Waals surface area contributed by atoms with Gasteiger partial charge in [0.25, 0.3) is 0 Å². The number of ether oxygens (including phenoxy) is 2. The number of methoxy groups -OCH3 is 1. The number of hydrogen-bond donors (Lipinski definition) is 4. The Morgan fingerprint density at radius 1 is 0.593 bits per heavy atom. The zero-order valence-electron chi connectivity index (χ0n) is 51.4. The first-order valence-electron chi connectivity index (χ1n) is 31.7. The monoisotopic (exact) mass is 1170 g/mol. The lowest BCUT2D eigenvalue weighted by atomic mass is 9.68. The summed E-state index contributed by atoms with van der Waals surface area (Å²) in [7, 11) is 1.69. The van der Waals surface area contributed by atoms with Crippen molar-refractivity contribution in [3.63, 3.8) is 0 Å². The minimum Gasteiger partial charge on any atom is -0.515 e. The molecule has 3 aliphatic heterocycles. The highest BCUT2D eigenvalue weighted by atomic mass is 16.5. The Bertz CT molecular complexity index is 3690. The number of allylic oxidation sites excluding steroid dienone is 5. The summed E-state index contributed by atoms with van der Waals surface area (Å²) < 4.78 is 18.1. The molecule has 5 aromatic rings. The van der Waals surface area contributed by atoms with Crippen molar-refractivity contribution in [3.05, 3.63) is 166 Å². The highest BCUT2D eigenvalue weighted by Crippen LogP contribution is 2.53. The molecular weight excluding hydrogens is 1090 g/mol.